The fourth-order valence-corrected chi connectivity index (χ4v) is 3.07. The molecule has 0 saturated carbocycles. The lowest BCUT2D eigenvalue weighted by molar-refractivity contribution is 0.0600. The number of nitrogens with zero attached hydrogens (tertiary/aromatic N) is 1. The monoisotopic (exact) mass is 444 g/mol. The minimum Gasteiger partial charge on any atom is -0.465 e. The minimum atomic E-state index is -0.435. The summed E-state index contributed by atoms with van der Waals surface area (Å²) in [7, 11) is 1.32. The molecular weight excluding hydrogens is 424 g/mol. The molecule has 3 aromatic rings. The van der Waals surface area contributed by atoms with Gasteiger partial charge in [-0.05, 0) is 72.9 Å². The molecule has 1 N–H and O–H groups in total. The van der Waals surface area contributed by atoms with Crippen LogP contribution in [0.25, 0.3) is 0 Å². The number of anilines is 2. The molecule has 32 heavy (non-hydrogen) atoms. The third-order valence-electron chi connectivity index (χ3n) is 4.42. The molecule has 0 aliphatic heterocycles. The SMILES string of the molecule is C#CCN(C(=S)Oc1ccc(C(=O)Nc2ccccc2)cc1)c1ccc(C(=O)OC)cc1. The highest BCUT2D eigenvalue weighted by atomic mass is 32.1. The lowest BCUT2D eigenvalue weighted by atomic mass is 10.2. The van der Waals surface area contributed by atoms with Gasteiger partial charge in [-0.3, -0.25) is 9.69 Å². The lowest BCUT2D eigenvalue weighted by Crippen LogP contribution is -2.33. The zero-order chi connectivity index (χ0) is 22.9. The Morgan fingerprint density at radius 1 is 0.969 bits per heavy atom. The molecule has 160 valence electrons. The first-order valence-electron chi connectivity index (χ1n) is 9.59. The number of para-hydroxylation sites is 1. The minimum absolute atomic E-state index is 0.134. The normalized spacial score (nSPS) is 9.88. The van der Waals surface area contributed by atoms with Crippen LogP contribution >= 0.6 is 12.2 Å². The van der Waals surface area contributed by atoms with Gasteiger partial charge in [0.15, 0.2) is 0 Å². The highest BCUT2D eigenvalue weighted by Crippen LogP contribution is 2.20. The number of thiocarbonyl (C=S) groups is 1. The Labute approximate surface area is 191 Å². The number of benzene rings is 3. The molecule has 0 bridgehead atoms. The van der Waals surface area contributed by atoms with Gasteiger partial charge in [0, 0.05) is 16.9 Å². The van der Waals surface area contributed by atoms with Crippen molar-refractivity contribution >= 4 is 40.6 Å². The lowest BCUT2D eigenvalue weighted by Gasteiger charge is -2.22. The summed E-state index contributed by atoms with van der Waals surface area (Å²) in [5.74, 6) is 2.33. The second-order valence-electron chi connectivity index (χ2n) is 6.54. The van der Waals surface area contributed by atoms with Crippen LogP contribution in [0.15, 0.2) is 78.9 Å². The van der Waals surface area contributed by atoms with E-state index in [-0.39, 0.29) is 17.6 Å². The standard InChI is InChI=1S/C25H20N2O4S/c1-3-17-27(21-13-9-19(10-14-21)24(29)30-2)25(32)31-22-15-11-18(12-16-22)23(28)26-20-7-5-4-6-8-20/h1,4-16H,17H2,2H3,(H,26,28). The number of amides is 1. The maximum Gasteiger partial charge on any atom is 0.337 e. The van der Waals surface area contributed by atoms with Crippen molar-refractivity contribution in [2.24, 2.45) is 0 Å². The first-order chi connectivity index (χ1) is 15.5. The van der Waals surface area contributed by atoms with Gasteiger partial charge < -0.3 is 14.8 Å². The molecular formula is C25H20N2O4S. The van der Waals surface area contributed by atoms with Crippen LogP contribution in [-0.4, -0.2) is 30.7 Å². The number of nitrogens with one attached hydrogen (secondary N) is 1. The molecule has 0 radical (unpaired) electrons. The van der Waals surface area contributed by atoms with Crippen molar-refractivity contribution in [1.82, 2.24) is 0 Å². The van der Waals surface area contributed by atoms with Gasteiger partial charge in [-0.2, -0.15) is 0 Å². The summed E-state index contributed by atoms with van der Waals surface area (Å²) >= 11 is 5.42. The Hall–Kier alpha value is -4.15. The number of terminal acetylenes is 1. The Balaban J connectivity index is 1.68. The van der Waals surface area contributed by atoms with Crippen LogP contribution in [0.2, 0.25) is 0 Å². The van der Waals surface area contributed by atoms with Crippen molar-refractivity contribution in [2.45, 2.75) is 0 Å². The van der Waals surface area contributed by atoms with E-state index in [1.54, 1.807) is 53.4 Å². The Bertz CT molecular complexity index is 1140. The van der Waals surface area contributed by atoms with Crippen LogP contribution in [0, 0.1) is 12.3 Å². The van der Waals surface area contributed by atoms with E-state index < -0.39 is 5.97 Å². The number of rotatable bonds is 6. The van der Waals surface area contributed by atoms with E-state index in [1.165, 1.54) is 7.11 Å². The number of methoxy groups -OCH3 is 1. The van der Waals surface area contributed by atoms with Crippen molar-refractivity contribution in [3.8, 4) is 18.1 Å². The van der Waals surface area contributed by atoms with Crippen molar-refractivity contribution in [3.05, 3.63) is 90.0 Å². The maximum absolute atomic E-state index is 12.4. The molecule has 3 rings (SSSR count). The van der Waals surface area contributed by atoms with E-state index in [2.05, 4.69) is 11.2 Å². The summed E-state index contributed by atoms with van der Waals surface area (Å²) in [4.78, 5) is 25.6. The van der Waals surface area contributed by atoms with Crippen LogP contribution in [0.3, 0.4) is 0 Å². The average molecular weight is 445 g/mol. The van der Waals surface area contributed by atoms with Crippen molar-refractivity contribution in [2.75, 3.05) is 23.9 Å². The molecule has 0 heterocycles. The highest BCUT2D eigenvalue weighted by Gasteiger charge is 2.15. The van der Waals surface area contributed by atoms with Gasteiger partial charge in [0.05, 0.1) is 19.2 Å². The third-order valence-corrected chi connectivity index (χ3v) is 4.73. The molecule has 6 nitrogen and oxygen atoms in total. The van der Waals surface area contributed by atoms with E-state index >= 15 is 0 Å². The molecule has 0 aliphatic carbocycles. The van der Waals surface area contributed by atoms with E-state index in [1.807, 2.05) is 30.3 Å². The predicted octanol–water partition coefficient (Wildman–Crippen LogP) is 4.53. The van der Waals surface area contributed by atoms with Gasteiger partial charge in [-0.25, -0.2) is 4.79 Å². The number of carbonyl (C=O) groups is 2. The topological polar surface area (TPSA) is 67.9 Å². The number of carbonyl (C=O) groups excluding carboxylic acids is 2. The molecule has 0 unspecified atom stereocenters. The molecule has 0 aliphatic rings. The van der Waals surface area contributed by atoms with Crippen molar-refractivity contribution < 1.29 is 19.1 Å². The highest BCUT2D eigenvalue weighted by molar-refractivity contribution is 7.80. The third kappa shape index (κ3) is 5.72. The summed E-state index contributed by atoms with van der Waals surface area (Å²) in [6, 6.07) is 22.4. The van der Waals surface area contributed by atoms with Crippen molar-refractivity contribution in [3.63, 3.8) is 0 Å². The van der Waals surface area contributed by atoms with E-state index in [0.29, 0.717) is 28.3 Å². The zero-order valence-corrected chi connectivity index (χ0v) is 18.1. The van der Waals surface area contributed by atoms with Gasteiger partial charge in [-0.1, -0.05) is 24.1 Å². The summed E-state index contributed by atoms with van der Waals surface area (Å²) in [5.41, 5.74) is 2.26. The summed E-state index contributed by atoms with van der Waals surface area (Å²) < 4.78 is 10.5. The first-order valence-corrected chi connectivity index (χ1v) is 10.0. The van der Waals surface area contributed by atoms with Gasteiger partial charge >= 0.3 is 5.97 Å². The molecule has 0 atom stereocenters. The molecule has 0 spiro atoms. The quantitative estimate of drug-likeness (QED) is 0.342. The maximum atomic E-state index is 12.4. The smallest absolute Gasteiger partial charge is 0.337 e. The Kier molecular flexibility index (Phi) is 7.57. The number of ether oxygens (including phenoxy) is 2. The number of hydrogen-bond acceptors (Lipinski definition) is 5. The molecule has 1 amide bonds. The molecule has 3 aromatic carbocycles. The van der Waals surface area contributed by atoms with Gasteiger partial charge in [-0.15, -0.1) is 6.42 Å². The van der Waals surface area contributed by atoms with Crippen LogP contribution < -0.4 is 15.0 Å². The predicted molar refractivity (Wildman–Crippen MR) is 128 cm³/mol. The fraction of sp³-hybridized carbons (Fsp3) is 0.0800. The Morgan fingerprint density at radius 2 is 1.59 bits per heavy atom. The molecule has 0 aromatic heterocycles. The van der Waals surface area contributed by atoms with Gasteiger partial charge in [0.1, 0.15) is 5.75 Å². The van der Waals surface area contributed by atoms with Crippen LogP contribution in [0.1, 0.15) is 20.7 Å². The largest absolute Gasteiger partial charge is 0.465 e. The number of esters is 1. The summed E-state index contributed by atoms with van der Waals surface area (Å²) in [6.07, 6.45) is 5.49. The second-order valence-corrected chi connectivity index (χ2v) is 6.89. The van der Waals surface area contributed by atoms with Crippen molar-refractivity contribution in [1.29, 1.82) is 0 Å². The summed E-state index contributed by atoms with van der Waals surface area (Å²) in [6.45, 7) is 0.175. The van der Waals surface area contributed by atoms with Gasteiger partial charge in [0.25, 0.3) is 11.1 Å². The van der Waals surface area contributed by atoms with E-state index in [0.717, 1.165) is 0 Å². The average Bonchev–Trinajstić information content (AvgIpc) is 2.83. The zero-order valence-electron chi connectivity index (χ0n) is 17.3. The molecule has 0 fully saturated rings. The molecule has 0 saturated heterocycles. The fourth-order valence-electron chi connectivity index (χ4n) is 2.80. The van der Waals surface area contributed by atoms with Crippen LogP contribution in [0.5, 0.6) is 5.75 Å². The van der Waals surface area contributed by atoms with Gasteiger partial charge in [0.2, 0.25) is 0 Å². The van der Waals surface area contributed by atoms with Crippen LogP contribution in [-0.2, 0) is 4.74 Å². The molecule has 7 heteroatoms. The summed E-state index contributed by atoms with van der Waals surface area (Å²) in [5, 5.41) is 2.96. The second kappa shape index (κ2) is 10.8. The van der Waals surface area contributed by atoms with Crippen LogP contribution in [0.4, 0.5) is 11.4 Å². The Morgan fingerprint density at radius 3 is 2.19 bits per heavy atom. The first kappa shape index (κ1) is 22.5. The number of hydrogen-bond donors (Lipinski definition) is 1. The van der Waals surface area contributed by atoms with E-state index in [4.69, 9.17) is 28.1 Å². The van der Waals surface area contributed by atoms with E-state index in [9.17, 15) is 9.59 Å².